The second-order valence-electron chi connectivity index (χ2n) is 4.44. The van der Waals surface area contributed by atoms with Gasteiger partial charge in [0.15, 0.2) is 0 Å². The number of hydrogen-bond acceptors (Lipinski definition) is 2. The molecule has 1 aliphatic rings. The van der Waals surface area contributed by atoms with Gasteiger partial charge in [0.05, 0.1) is 5.92 Å². The molecule has 0 radical (unpaired) electrons. The molecule has 0 aliphatic carbocycles. The van der Waals surface area contributed by atoms with Crippen LogP contribution in [0.1, 0.15) is 23.2 Å². The van der Waals surface area contributed by atoms with E-state index in [2.05, 4.69) is 15.9 Å². The van der Waals surface area contributed by atoms with Crippen molar-refractivity contribution in [2.45, 2.75) is 12.8 Å². The van der Waals surface area contributed by atoms with E-state index in [1.165, 1.54) is 0 Å². The number of piperidine rings is 1. The van der Waals surface area contributed by atoms with Crippen molar-refractivity contribution in [1.82, 2.24) is 4.90 Å². The van der Waals surface area contributed by atoms with Crippen LogP contribution in [0.25, 0.3) is 0 Å². The Morgan fingerprint density at radius 1 is 1.39 bits per heavy atom. The average molecular weight is 312 g/mol. The Bertz CT molecular complexity index is 475. The minimum atomic E-state index is -0.818. The van der Waals surface area contributed by atoms with Gasteiger partial charge in [0, 0.05) is 23.1 Å². The molecular weight excluding hydrogens is 298 g/mol. The van der Waals surface area contributed by atoms with E-state index in [1.807, 2.05) is 6.07 Å². The van der Waals surface area contributed by atoms with E-state index in [9.17, 15) is 9.59 Å². The van der Waals surface area contributed by atoms with E-state index in [4.69, 9.17) is 5.11 Å². The number of likely N-dealkylation sites (tertiary alicyclic amines) is 1. The van der Waals surface area contributed by atoms with Crippen LogP contribution in [0.2, 0.25) is 0 Å². The average Bonchev–Trinajstić information content (AvgIpc) is 2.38. The zero-order valence-corrected chi connectivity index (χ0v) is 11.4. The molecule has 0 aromatic heterocycles. The predicted molar refractivity (Wildman–Crippen MR) is 70.4 cm³/mol. The minimum absolute atomic E-state index is 0.0951. The largest absolute Gasteiger partial charge is 0.481 e. The molecule has 1 amide bonds. The number of aliphatic carboxylic acids is 1. The van der Waals surface area contributed by atoms with Gasteiger partial charge < -0.3 is 10.0 Å². The third-order valence-corrected chi connectivity index (χ3v) is 3.62. The van der Waals surface area contributed by atoms with E-state index in [1.54, 1.807) is 23.1 Å². The molecule has 1 aliphatic heterocycles. The highest BCUT2D eigenvalue weighted by Gasteiger charge is 2.28. The molecule has 1 fully saturated rings. The number of benzene rings is 1. The fourth-order valence-electron chi connectivity index (χ4n) is 2.17. The Hall–Kier alpha value is -1.36. The highest BCUT2D eigenvalue weighted by atomic mass is 79.9. The molecule has 0 bridgehead atoms. The zero-order valence-electron chi connectivity index (χ0n) is 9.80. The fraction of sp³-hybridized carbons (Fsp3) is 0.385. The monoisotopic (exact) mass is 311 g/mol. The molecule has 1 aromatic carbocycles. The fourth-order valence-corrected chi connectivity index (χ4v) is 2.57. The molecule has 18 heavy (non-hydrogen) atoms. The van der Waals surface area contributed by atoms with Crippen LogP contribution >= 0.6 is 15.9 Å². The lowest BCUT2D eigenvalue weighted by atomic mass is 9.97. The van der Waals surface area contributed by atoms with E-state index < -0.39 is 11.9 Å². The summed E-state index contributed by atoms with van der Waals surface area (Å²) in [4.78, 5) is 24.8. The van der Waals surface area contributed by atoms with E-state index in [0.717, 1.165) is 10.9 Å². The molecule has 4 nitrogen and oxygen atoms in total. The summed E-state index contributed by atoms with van der Waals surface area (Å²) in [5, 5.41) is 9.01. The van der Waals surface area contributed by atoms with Gasteiger partial charge in [-0.15, -0.1) is 0 Å². The number of carbonyl (C=O) groups excluding carboxylic acids is 1. The molecule has 5 heteroatoms. The van der Waals surface area contributed by atoms with Crippen molar-refractivity contribution in [3.8, 4) is 0 Å². The highest BCUT2D eigenvalue weighted by molar-refractivity contribution is 9.10. The third-order valence-electron chi connectivity index (χ3n) is 3.13. The minimum Gasteiger partial charge on any atom is -0.481 e. The summed E-state index contributed by atoms with van der Waals surface area (Å²) >= 11 is 3.32. The standard InChI is InChI=1S/C13H14BrNO3/c14-11-5-1-3-9(7-11)12(16)15-6-2-4-10(8-15)13(17)18/h1,3,5,7,10H,2,4,6,8H2,(H,17,18)/t10-/m1/s1. The van der Waals surface area contributed by atoms with Crippen LogP contribution in [-0.4, -0.2) is 35.0 Å². The van der Waals surface area contributed by atoms with Gasteiger partial charge >= 0.3 is 5.97 Å². The summed E-state index contributed by atoms with van der Waals surface area (Å²) in [6.07, 6.45) is 1.40. The Morgan fingerprint density at radius 3 is 2.83 bits per heavy atom. The molecule has 2 rings (SSSR count). The first kappa shape index (κ1) is 13.1. The third kappa shape index (κ3) is 2.90. The number of carboxylic acid groups (broad SMARTS) is 1. The number of amides is 1. The number of carbonyl (C=O) groups is 2. The van der Waals surface area contributed by atoms with Crippen molar-refractivity contribution in [3.05, 3.63) is 34.3 Å². The second-order valence-corrected chi connectivity index (χ2v) is 5.35. The topological polar surface area (TPSA) is 57.6 Å². The van der Waals surface area contributed by atoms with Crippen LogP contribution < -0.4 is 0 Å². The summed E-state index contributed by atoms with van der Waals surface area (Å²) in [6.45, 7) is 0.940. The molecule has 1 heterocycles. The molecule has 0 saturated carbocycles. The van der Waals surface area contributed by atoms with Crippen LogP contribution in [0.5, 0.6) is 0 Å². The number of halogens is 1. The number of carboxylic acids is 1. The van der Waals surface area contributed by atoms with Gasteiger partial charge in [-0.05, 0) is 31.0 Å². The molecular formula is C13H14BrNO3. The number of rotatable bonds is 2. The maximum absolute atomic E-state index is 12.2. The van der Waals surface area contributed by atoms with Crippen LogP contribution in [0.15, 0.2) is 28.7 Å². The SMILES string of the molecule is O=C(O)[C@@H]1CCCN(C(=O)c2cccc(Br)c2)C1. The Balaban J connectivity index is 2.11. The molecule has 1 aromatic rings. The van der Waals surface area contributed by atoms with E-state index >= 15 is 0 Å². The Labute approximate surface area is 114 Å². The molecule has 1 saturated heterocycles. The second kappa shape index (κ2) is 5.52. The van der Waals surface area contributed by atoms with Crippen LogP contribution in [0.3, 0.4) is 0 Å². The lowest BCUT2D eigenvalue weighted by Gasteiger charge is -2.30. The maximum Gasteiger partial charge on any atom is 0.308 e. The van der Waals surface area contributed by atoms with Gasteiger partial charge in [-0.25, -0.2) is 0 Å². The van der Waals surface area contributed by atoms with Gasteiger partial charge in [-0.2, -0.15) is 0 Å². The van der Waals surface area contributed by atoms with Crippen LogP contribution in [0.4, 0.5) is 0 Å². The quantitative estimate of drug-likeness (QED) is 0.912. The lowest BCUT2D eigenvalue weighted by molar-refractivity contribution is -0.143. The summed E-state index contributed by atoms with van der Waals surface area (Å²) in [7, 11) is 0. The Morgan fingerprint density at radius 2 is 2.17 bits per heavy atom. The maximum atomic E-state index is 12.2. The molecule has 1 atom stereocenters. The van der Waals surface area contributed by atoms with Gasteiger partial charge in [0.25, 0.3) is 5.91 Å². The normalized spacial score (nSPS) is 19.6. The van der Waals surface area contributed by atoms with Gasteiger partial charge in [-0.1, -0.05) is 22.0 Å². The van der Waals surface area contributed by atoms with E-state index in [0.29, 0.717) is 25.1 Å². The number of hydrogen-bond donors (Lipinski definition) is 1. The van der Waals surface area contributed by atoms with Gasteiger partial charge in [-0.3, -0.25) is 9.59 Å². The van der Waals surface area contributed by atoms with Crippen molar-refractivity contribution in [2.24, 2.45) is 5.92 Å². The van der Waals surface area contributed by atoms with Crippen molar-refractivity contribution >= 4 is 27.8 Å². The molecule has 0 spiro atoms. The summed E-state index contributed by atoms with van der Waals surface area (Å²) in [5.74, 6) is -1.35. The van der Waals surface area contributed by atoms with Crippen LogP contribution in [-0.2, 0) is 4.79 Å². The first-order valence-electron chi connectivity index (χ1n) is 5.85. The van der Waals surface area contributed by atoms with E-state index in [-0.39, 0.29) is 5.91 Å². The summed E-state index contributed by atoms with van der Waals surface area (Å²) in [6, 6.07) is 7.16. The molecule has 96 valence electrons. The van der Waals surface area contributed by atoms with Crippen molar-refractivity contribution in [3.63, 3.8) is 0 Å². The summed E-state index contributed by atoms with van der Waals surface area (Å²) < 4.78 is 0.847. The first-order chi connectivity index (χ1) is 8.58. The van der Waals surface area contributed by atoms with Crippen molar-refractivity contribution in [1.29, 1.82) is 0 Å². The predicted octanol–water partition coefficient (Wildman–Crippen LogP) is 2.39. The molecule has 1 N–H and O–H groups in total. The van der Waals surface area contributed by atoms with Crippen molar-refractivity contribution in [2.75, 3.05) is 13.1 Å². The van der Waals surface area contributed by atoms with Gasteiger partial charge in [0.2, 0.25) is 0 Å². The number of nitrogens with zero attached hydrogens (tertiary/aromatic N) is 1. The smallest absolute Gasteiger partial charge is 0.308 e. The van der Waals surface area contributed by atoms with Crippen LogP contribution in [0, 0.1) is 5.92 Å². The van der Waals surface area contributed by atoms with Gasteiger partial charge in [0.1, 0.15) is 0 Å². The Kier molecular flexibility index (Phi) is 4.01. The van der Waals surface area contributed by atoms with Crippen molar-refractivity contribution < 1.29 is 14.7 Å². The zero-order chi connectivity index (χ0) is 13.1. The molecule has 0 unspecified atom stereocenters. The highest BCUT2D eigenvalue weighted by Crippen LogP contribution is 2.20. The summed E-state index contributed by atoms with van der Waals surface area (Å²) in [5.41, 5.74) is 0.593. The lowest BCUT2D eigenvalue weighted by Crippen LogP contribution is -2.42. The first-order valence-corrected chi connectivity index (χ1v) is 6.65.